The van der Waals surface area contributed by atoms with Gasteiger partial charge in [-0.2, -0.15) is 0 Å². The van der Waals surface area contributed by atoms with Gasteiger partial charge in [0, 0.05) is 41.0 Å². The van der Waals surface area contributed by atoms with Crippen molar-refractivity contribution < 1.29 is 4.42 Å². The number of fused-ring (bicyclic) bond motifs is 5. The Morgan fingerprint density at radius 2 is 1.68 bits per heavy atom. The molecule has 0 amide bonds. The summed E-state index contributed by atoms with van der Waals surface area (Å²) in [6.45, 7) is 0.842. The Hall–Kier alpha value is -5.92. The third-order valence-electron chi connectivity index (χ3n) is 9.34. The van der Waals surface area contributed by atoms with Crippen LogP contribution < -0.4 is 10.6 Å². The molecule has 0 radical (unpaired) electrons. The molecule has 0 fully saturated rings. The summed E-state index contributed by atoms with van der Waals surface area (Å²) in [5.74, 6) is 0.846. The summed E-state index contributed by atoms with van der Waals surface area (Å²) in [5, 5.41) is 10.4. The number of hydrogen-bond acceptors (Lipinski definition) is 6. The van der Waals surface area contributed by atoms with Crippen molar-refractivity contribution in [3.63, 3.8) is 0 Å². The molecule has 7 heteroatoms. The fourth-order valence-electron chi connectivity index (χ4n) is 7.02. The Kier molecular flexibility index (Phi) is 6.50. The number of nitrogens with zero attached hydrogens (tertiary/aromatic N) is 4. The van der Waals surface area contributed by atoms with Gasteiger partial charge in [-0.15, -0.1) is 0 Å². The third kappa shape index (κ3) is 4.63. The highest BCUT2D eigenvalue weighted by Crippen LogP contribution is 2.38. The number of allylic oxidation sites excluding steroid dienone is 2. The van der Waals surface area contributed by atoms with Crippen molar-refractivity contribution in [1.29, 1.82) is 0 Å². The molecule has 2 aliphatic heterocycles. The number of nitrogens with one attached hydrogen (secondary N) is 2. The minimum atomic E-state index is -0.196. The van der Waals surface area contributed by atoms with Crippen molar-refractivity contribution in [1.82, 2.24) is 25.1 Å². The maximum atomic E-state index is 6.01. The lowest BCUT2D eigenvalue weighted by Crippen LogP contribution is -2.46. The maximum Gasteiger partial charge on any atom is 0.143 e. The second kappa shape index (κ2) is 11.2. The molecule has 47 heavy (non-hydrogen) atoms. The number of benzene rings is 4. The van der Waals surface area contributed by atoms with Gasteiger partial charge in [-0.3, -0.25) is 9.88 Å². The molecule has 228 valence electrons. The lowest BCUT2D eigenvalue weighted by atomic mass is 10.00. The Bertz CT molecular complexity index is 2360. The Balaban J connectivity index is 1.15. The smallest absolute Gasteiger partial charge is 0.143 e. The minimum Gasteiger partial charge on any atom is -0.464 e. The van der Waals surface area contributed by atoms with E-state index in [2.05, 4.69) is 129 Å². The highest BCUT2D eigenvalue weighted by molar-refractivity contribution is 6.19. The largest absolute Gasteiger partial charge is 0.464 e. The van der Waals surface area contributed by atoms with Crippen LogP contribution in [0.4, 0.5) is 0 Å². The van der Waals surface area contributed by atoms with Crippen molar-refractivity contribution in [3.8, 4) is 5.69 Å². The summed E-state index contributed by atoms with van der Waals surface area (Å²) in [4.78, 5) is 11.9. The van der Waals surface area contributed by atoms with Crippen LogP contribution in [0, 0.1) is 0 Å². The molecule has 0 bridgehead atoms. The number of para-hydroxylation sites is 1. The summed E-state index contributed by atoms with van der Waals surface area (Å²) in [6, 6.07) is 36.5. The van der Waals surface area contributed by atoms with E-state index in [9.17, 15) is 0 Å². The van der Waals surface area contributed by atoms with Crippen LogP contribution in [0.3, 0.4) is 0 Å². The normalized spacial score (nSPS) is 18.2. The number of furan rings is 1. The van der Waals surface area contributed by atoms with Gasteiger partial charge in [0.05, 0.1) is 22.7 Å². The quantitative estimate of drug-likeness (QED) is 0.206. The lowest BCUT2D eigenvalue weighted by Gasteiger charge is -2.39. The predicted molar refractivity (Wildman–Crippen MR) is 189 cm³/mol. The molecule has 0 saturated carbocycles. The number of hydrogen-bond donors (Lipinski definition) is 2. The highest BCUT2D eigenvalue weighted by atomic mass is 16.3. The first kappa shape index (κ1) is 27.4. The average molecular weight is 613 g/mol. The summed E-state index contributed by atoms with van der Waals surface area (Å²) in [7, 11) is 2.12. The predicted octanol–water partition coefficient (Wildman–Crippen LogP) is 8.10. The standard InChI is InChI=1S/C40H32N6O/c1-45-39(29-11-9-26(10-12-29)27-15-20-41-21-16-27)43-38(44-40(45)30-17-22-42-23-18-30)31-5-4-6-32(25-31)46-34-8-3-2-7-33(34)36-35(46)14-13-28-19-24-47-37(28)36/h2-20,22-25,39-41H,21H2,1H3,(H,43,44). The Morgan fingerprint density at radius 1 is 0.809 bits per heavy atom. The lowest BCUT2D eigenvalue weighted by molar-refractivity contribution is 0.152. The number of rotatable bonds is 5. The van der Waals surface area contributed by atoms with Crippen molar-refractivity contribution in [3.05, 3.63) is 162 Å². The summed E-state index contributed by atoms with van der Waals surface area (Å²) in [6.07, 6.45) is 11.5. The monoisotopic (exact) mass is 612 g/mol. The van der Waals surface area contributed by atoms with Crippen LogP contribution >= 0.6 is 0 Å². The van der Waals surface area contributed by atoms with Gasteiger partial charge in [0.25, 0.3) is 0 Å². The van der Waals surface area contributed by atoms with Crippen LogP contribution in [-0.2, 0) is 0 Å². The third-order valence-corrected chi connectivity index (χ3v) is 9.34. The molecule has 3 aromatic heterocycles. The number of pyridine rings is 1. The van der Waals surface area contributed by atoms with Gasteiger partial charge in [0.1, 0.15) is 23.8 Å². The van der Waals surface area contributed by atoms with Gasteiger partial charge in [-0.1, -0.05) is 60.7 Å². The highest BCUT2D eigenvalue weighted by Gasteiger charge is 2.31. The second-order valence-corrected chi connectivity index (χ2v) is 12.1. The number of dihydropyridines is 1. The number of aliphatic imine (C=N–C) groups is 1. The van der Waals surface area contributed by atoms with Gasteiger partial charge in [-0.05, 0) is 90.1 Å². The van der Waals surface area contributed by atoms with E-state index in [1.807, 2.05) is 36.8 Å². The van der Waals surface area contributed by atoms with E-state index >= 15 is 0 Å². The molecule has 0 saturated heterocycles. The van der Waals surface area contributed by atoms with Gasteiger partial charge < -0.3 is 19.6 Å². The van der Waals surface area contributed by atoms with E-state index in [0.29, 0.717) is 0 Å². The van der Waals surface area contributed by atoms with Crippen LogP contribution in [-0.4, -0.2) is 33.9 Å². The molecule has 9 rings (SSSR count). The zero-order valence-electron chi connectivity index (χ0n) is 25.8. The zero-order chi connectivity index (χ0) is 31.3. The summed E-state index contributed by atoms with van der Waals surface area (Å²) >= 11 is 0. The van der Waals surface area contributed by atoms with E-state index in [4.69, 9.17) is 9.41 Å². The Morgan fingerprint density at radius 3 is 2.53 bits per heavy atom. The fourth-order valence-corrected chi connectivity index (χ4v) is 7.02. The van der Waals surface area contributed by atoms with Crippen LogP contribution in [0.2, 0.25) is 0 Å². The van der Waals surface area contributed by atoms with Gasteiger partial charge >= 0.3 is 0 Å². The first-order chi connectivity index (χ1) is 23.2. The van der Waals surface area contributed by atoms with Crippen LogP contribution in [0.1, 0.15) is 34.6 Å². The van der Waals surface area contributed by atoms with E-state index in [1.54, 1.807) is 6.26 Å². The number of aromatic nitrogens is 2. The molecule has 2 atom stereocenters. The molecular formula is C40H32N6O. The second-order valence-electron chi connectivity index (χ2n) is 12.1. The first-order valence-corrected chi connectivity index (χ1v) is 15.9. The first-order valence-electron chi connectivity index (χ1n) is 15.9. The maximum absolute atomic E-state index is 6.01. The van der Waals surface area contributed by atoms with Gasteiger partial charge in [-0.25, -0.2) is 4.99 Å². The summed E-state index contributed by atoms with van der Waals surface area (Å²) in [5.41, 5.74) is 9.93. The van der Waals surface area contributed by atoms with Crippen molar-refractivity contribution in [2.45, 2.75) is 12.3 Å². The molecular weight excluding hydrogens is 580 g/mol. The van der Waals surface area contributed by atoms with E-state index in [0.717, 1.165) is 56.6 Å². The van der Waals surface area contributed by atoms with Crippen molar-refractivity contribution in [2.75, 3.05) is 13.6 Å². The number of amidine groups is 1. The van der Waals surface area contributed by atoms with Gasteiger partial charge in [0.15, 0.2) is 0 Å². The molecule has 2 aliphatic rings. The molecule has 5 heterocycles. The zero-order valence-corrected chi connectivity index (χ0v) is 25.8. The topological polar surface area (TPSA) is 70.6 Å². The van der Waals surface area contributed by atoms with Crippen LogP contribution in [0.15, 0.2) is 150 Å². The fraction of sp³-hybridized carbons (Fsp3) is 0.100. The SMILES string of the molecule is CN1C(c2ccncc2)N=C(c2cccc(-n3c4ccccc4c4c5occc5ccc43)c2)NC1c1ccc(C2=CCNC=C2)cc1. The molecule has 0 aliphatic carbocycles. The molecule has 7 nitrogen and oxygen atoms in total. The Labute approximate surface area is 272 Å². The van der Waals surface area contributed by atoms with Crippen LogP contribution in [0.5, 0.6) is 0 Å². The van der Waals surface area contributed by atoms with Crippen molar-refractivity contribution >= 4 is 44.2 Å². The average Bonchev–Trinajstić information content (AvgIpc) is 3.75. The van der Waals surface area contributed by atoms with E-state index < -0.39 is 0 Å². The molecule has 4 aromatic carbocycles. The van der Waals surface area contributed by atoms with Gasteiger partial charge in [0.2, 0.25) is 0 Å². The molecule has 2 unspecified atom stereocenters. The molecule has 7 aromatic rings. The van der Waals surface area contributed by atoms with Crippen LogP contribution in [0.25, 0.3) is 44.0 Å². The van der Waals surface area contributed by atoms with E-state index in [-0.39, 0.29) is 12.3 Å². The minimum absolute atomic E-state index is 0.101. The summed E-state index contributed by atoms with van der Waals surface area (Å²) < 4.78 is 8.33. The van der Waals surface area contributed by atoms with E-state index in [1.165, 1.54) is 22.1 Å². The molecule has 2 N–H and O–H groups in total. The van der Waals surface area contributed by atoms with Crippen molar-refractivity contribution in [2.24, 2.45) is 4.99 Å². The molecule has 0 spiro atoms.